The molecular weight excluding hydrogens is 321 g/mol. The second-order valence-corrected chi connectivity index (χ2v) is 5.89. The van der Waals surface area contributed by atoms with E-state index >= 15 is 0 Å². The first-order valence-corrected chi connectivity index (χ1v) is 7.94. The summed E-state index contributed by atoms with van der Waals surface area (Å²) in [6, 6.07) is 11.4. The maximum Gasteiger partial charge on any atom is 0.261 e. The lowest BCUT2D eigenvalue weighted by atomic mass is 10.0. The monoisotopic (exact) mass is 343 g/mol. The van der Waals surface area contributed by atoms with Crippen LogP contribution in [-0.4, -0.2) is 18.3 Å². The Morgan fingerprint density at radius 1 is 1.20 bits per heavy atom. The Labute approximate surface area is 146 Å². The highest BCUT2D eigenvalue weighted by Crippen LogP contribution is 2.16. The van der Waals surface area contributed by atoms with Crippen LogP contribution in [-0.2, 0) is 9.63 Å². The third kappa shape index (κ3) is 5.31. The predicted octanol–water partition coefficient (Wildman–Crippen LogP) is 2.96. The molecule has 0 aliphatic rings. The summed E-state index contributed by atoms with van der Waals surface area (Å²) >= 11 is 0. The van der Waals surface area contributed by atoms with Crippen LogP contribution in [0.2, 0.25) is 0 Å². The highest BCUT2D eigenvalue weighted by Gasteiger charge is 2.11. The average Bonchev–Trinajstić information content (AvgIpc) is 2.57. The van der Waals surface area contributed by atoms with Gasteiger partial charge in [0.15, 0.2) is 12.4 Å². The SMILES string of the molecule is Cc1ccc(C(C)NC(=O)CO/N=C(\N)c2ccc(F)cc2)cc1C. The van der Waals surface area contributed by atoms with Gasteiger partial charge in [-0.25, -0.2) is 4.39 Å². The predicted molar refractivity (Wildman–Crippen MR) is 95.6 cm³/mol. The van der Waals surface area contributed by atoms with Gasteiger partial charge in [0.25, 0.3) is 5.91 Å². The Balaban J connectivity index is 1.86. The van der Waals surface area contributed by atoms with E-state index in [1.165, 1.54) is 35.4 Å². The third-order valence-corrected chi connectivity index (χ3v) is 3.91. The number of nitrogens with one attached hydrogen (secondary N) is 1. The van der Waals surface area contributed by atoms with Crippen molar-refractivity contribution < 1.29 is 14.0 Å². The van der Waals surface area contributed by atoms with Gasteiger partial charge in [-0.3, -0.25) is 4.79 Å². The van der Waals surface area contributed by atoms with Crippen LogP contribution in [0, 0.1) is 19.7 Å². The molecule has 2 rings (SSSR count). The molecule has 0 aliphatic heterocycles. The van der Waals surface area contributed by atoms with E-state index in [0.717, 1.165) is 5.56 Å². The Kier molecular flexibility index (Phi) is 6.11. The summed E-state index contributed by atoms with van der Waals surface area (Å²) < 4.78 is 12.9. The van der Waals surface area contributed by atoms with E-state index in [0.29, 0.717) is 5.56 Å². The number of aryl methyl sites for hydroxylation is 2. The first kappa shape index (κ1) is 18.4. The van der Waals surface area contributed by atoms with Gasteiger partial charge in [-0.05, 0) is 61.7 Å². The first-order chi connectivity index (χ1) is 11.9. The number of hydrogen-bond acceptors (Lipinski definition) is 3. The molecule has 1 atom stereocenters. The van der Waals surface area contributed by atoms with Crippen molar-refractivity contribution >= 4 is 11.7 Å². The molecule has 0 saturated carbocycles. The van der Waals surface area contributed by atoms with Gasteiger partial charge in [-0.1, -0.05) is 23.4 Å². The molecule has 6 heteroatoms. The number of rotatable bonds is 6. The van der Waals surface area contributed by atoms with Crippen LogP contribution in [0.1, 0.15) is 35.2 Å². The largest absolute Gasteiger partial charge is 0.384 e. The van der Waals surface area contributed by atoms with Crippen molar-refractivity contribution in [3.05, 3.63) is 70.5 Å². The molecule has 1 amide bonds. The molecule has 0 heterocycles. The van der Waals surface area contributed by atoms with Gasteiger partial charge < -0.3 is 15.9 Å². The molecule has 0 aromatic heterocycles. The van der Waals surface area contributed by atoms with Gasteiger partial charge in [0, 0.05) is 5.56 Å². The number of carbonyl (C=O) groups excluding carboxylic acids is 1. The number of nitrogens with zero attached hydrogens (tertiary/aromatic N) is 1. The van der Waals surface area contributed by atoms with E-state index in [1.54, 1.807) is 0 Å². The van der Waals surface area contributed by atoms with Crippen molar-refractivity contribution in [3.63, 3.8) is 0 Å². The molecule has 1 unspecified atom stereocenters. The van der Waals surface area contributed by atoms with Crippen LogP contribution in [0.25, 0.3) is 0 Å². The van der Waals surface area contributed by atoms with E-state index in [9.17, 15) is 9.18 Å². The Morgan fingerprint density at radius 3 is 2.52 bits per heavy atom. The Morgan fingerprint density at radius 2 is 1.88 bits per heavy atom. The molecule has 132 valence electrons. The molecular formula is C19H22FN3O2. The zero-order valence-electron chi connectivity index (χ0n) is 14.5. The quantitative estimate of drug-likeness (QED) is 0.481. The van der Waals surface area contributed by atoms with Crippen LogP contribution in [0.3, 0.4) is 0 Å². The average molecular weight is 343 g/mol. The van der Waals surface area contributed by atoms with Gasteiger partial charge in [0.1, 0.15) is 5.82 Å². The summed E-state index contributed by atoms with van der Waals surface area (Å²) in [5.41, 5.74) is 9.64. The van der Waals surface area contributed by atoms with E-state index in [1.807, 2.05) is 39.0 Å². The van der Waals surface area contributed by atoms with Crippen molar-refractivity contribution in [2.24, 2.45) is 10.9 Å². The van der Waals surface area contributed by atoms with Crippen LogP contribution >= 0.6 is 0 Å². The summed E-state index contributed by atoms with van der Waals surface area (Å²) in [6.45, 7) is 5.72. The van der Waals surface area contributed by atoms with Gasteiger partial charge in [-0.15, -0.1) is 0 Å². The second kappa shape index (κ2) is 8.28. The number of nitrogens with two attached hydrogens (primary N) is 1. The molecule has 2 aromatic carbocycles. The van der Waals surface area contributed by atoms with E-state index in [2.05, 4.69) is 10.5 Å². The molecule has 0 aliphatic carbocycles. The van der Waals surface area contributed by atoms with E-state index in [-0.39, 0.29) is 30.2 Å². The Hall–Kier alpha value is -2.89. The molecule has 0 saturated heterocycles. The summed E-state index contributed by atoms with van der Waals surface area (Å²) in [6.07, 6.45) is 0. The van der Waals surface area contributed by atoms with Crippen molar-refractivity contribution in [3.8, 4) is 0 Å². The molecule has 25 heavy (non-hydrogen) atoms. The minimum atomic E-state index is -0.364. The second-order valence-electron chi connectivity index (χ2n) is 5.89. The summed E-state index contributed by atoms with van der Waals surface area (Å²) in [5, 5.41) is 6.52. The third-order valence-electron chi connectivity index (χ3n) is 3.91. The number of amidine groups is 1. The standard InChI is InChI=1S/C19H22FN3O2/c1-12-4-5-16(10-13(12)2)14(3)22-18(24)11-25-23-19(21)15-6-8-17(20)9-7-15/h4-10,14H,11H2,1-3H3,(H2,21,23)(H,22,24). The minimum Gasteiger partial charge on any atom is -0.384 e. The molecule has 0 radical (unpaired) electrons. The number of halogens is 1. The first-order valence-electron chi connectivity index (χ1n) is 7.94. The minimum absolute atomic E-state index is 0.0787. The lowest BCUT2D eigenvalue weighted by Gasteiger charge is -2.15. The molecule has 0 fully saturated rings. The molecule has 3 N–H and O–H groups in total. The van der Waals surface area contributed by atoms with Crippen molar-refractivity contribution in [1.29, 1.82) is 0 Å². The van der Waals surface area contributed by atoms with Crippen molar-refractivity contribution in [2.45, 2.75) is 26.8 Å². The number of hydrogen-bond donors (Lipinski definition) is 2. The highest BCUT2D eigenvalue weighted by molar-refractivity contribution is 5.97. The smallest absolute Gasteiger partial charge is 0.261 e. The van der Waals surface area contributed by atoms with Gasteiger partial charge in [-0.2, -0.15) is 0 Å². The number of carbonyl (C=O) groups is 1. The van der Waals surface area contributed by atoms with Crippen LogP contribution in [0.15, 0.2) is 47.6 Å². The fourth-order valence-electron chi connectivity index (χ4n) is 2.23. The molecule has 0 bridgehead atoms. The van der Waals surface area contributed by atoms with Gasteiger partial charge in [0.05, 0.1) is 6.04 Å². The fraction of sp³-hybridized carbons (Fsp3) is 0.263. The summed E-state index contributed by atoms with van der Waals surface area (Å²) in [5.74, 6) is -0.589. The lowest BCUT2D eigenvalue weighted by molar-refractivity contribution is -0.126. The normalized spacial score (nSPS) is 12.6. The maximum absolute atomic E-state index is 12.9. The molecule has 0 spiro atoms. The van der Waals surface area contributed by atoms with Crippen LogP contribution < -0.4 is 11.1 Å². The Bertz CT molecular complexity index is 773. The number of benzene rings is 2. The topological polar surface area (TPSA) is 76.7 Å². The van der Waals surface area contributed by atoms with E-state index < -0.39 is 0 Å². The van der Waals surface area contributed by atoms with Crippen molar-refractivity contribution in [2.75, 3.05) is 6.61 Å². The van der Waals surface area contributed by atoms with Gasteiger partial charge in [0.2, 0.25) is 0 Å². The van der Waals surface area contributed by atoms with Crippen LogP contribution in [0.5, 0.6) is 0 Å². The number of oxime groups is 1. The molecule has 2 aromatic rings. The van der Waals surface area contributed by atoms with Gasteiger partial charge >= 0.3 is 0 Å². The zero-order chi connectivity index (χ0) is 18.4. The van der Waals surface area contributed by atoms with Crippen LogP contribution in [0.4, 0.5) is 4.39 Å². The summed E-state index contributed by atoms with van der Waals surface area (Å²) in [4.78, 5) is 16.9. The van der Waals surface area contributed by atoms with E-state index in [4.69, 9.17) is 10.6 Å². The fourth-order valence-corrected chi connectivity index (χ4v) is 2.23. The summed E-state index contributed by atoms with van der Waals surface area (Å²) in [7, 11) is 0. The zero-order valence-corrected chi connectivity index (χ0v) is 14.5. The lowest BCUT2D eigenvalue weighted by Crippen LogP contribution is -2.30. The molecule has 5 nitrogen and oxygen atoms in total. The maximum atomic E-state index is 12.9. The highest BCUT2D eigenvalue weighted by atomic mass is 19.1. The number of amides is 1. The van der Waals surface area contributed by atoms with Crippen molar-refractivity contribution in [1.82, 2.24) is 5.32 Å².